The SMILES string of the molecule is COc1ccc(-n2c(S[C@@H](C)C#N)nc3sc4c(c3c2=O)CCCCC4)cc1. The first-order chi connectivity index (χ1) is 13.6. The summed E-state index contributed by atoms with van der Waals surface area (Å²) in [7, 11) is 1.62. The van der Waals surface area contributed by atoms with E-state index >= 15 is 0 Å². The number of ether oxygens (including phenoxy) is 1. The Morgan fingerprint density at radius 2 is 2.00 bits per heavy atom. The van der Waals surface area contributed by atoms with Crippen molar-refractivity contribution in [1.82, 2.24) is 9.55 Å². The average Bonchev–Trinajstić information content (AvgIpc) is 2.89. The van der Waals surface area contributed by atoms with E-state index in [2.05, 4.69) is 6.07 Å². The largest absolute Gasteiger partial charge is 0.497 e. The van der Waals surface area contributed by atoms with Gasteiger partial charge >= 0.3 is 0 Å². The highest BCUT2D eigenvalue weighted by Crippen LogP contribution is 2.35. The Kier molecular flexibility index (Phi) is 5.42. The quantitative estimate of drug-likeness (QED) is 0.353. The van der Waals surface area contributed by atoms with Crippen molar-refractivity contribution in [2.45, 2.75) is 49.4 Å². The molecule has 0 bridgehead atoms. The molecule has 28 heavy (non-hydrogen) atoms. The summed E-state index contributed by atoms with van der Waals surface area (Å²) >= 11 is 2.97. The highest BCUT2D eigenvalue weighted by Gasteiger charge is 2.23. The standard InChI is InChI=1S/C21H21N3O2S2/c1-13(12-22)27-21-23-19-18(16-6-4-3-5-7-17(16)28-19)20(25)24(21)14-8-10-15(26-2)11-9-14/h8-11,13H,3-7H2,1-2H3/t13-/m0/s1. The smallest absolute Gasteiger partial charge is 0.267 e. The lowest BCUT2D eigenvalue weighted by molar-refractivity contribution is 0.414. The summed E-state index contributed by atoms with van der Waals surface area (Å²) in [5.41, 5.74) is 1.88. The molecule has 7 heteroatoms. The zero-order valence-corrected chi connectivity index (χ0v) is 17.5. The molecule has 4 rings (SSSR count). The van der Waals surface area contributed by atoms with E-state index in [4.69, 9.17) is 9.72 Å². The van der Waals surface area contributed by atoms with Crippen molar-refractivity contribution in [3.63, 3.8) is 0 Å². The number of hydrogen-bond donors (Lipinski definition) is 0. The summed E-state index contributed by atoms with van der Waals surface area (Å²) in [4.78, 5) is 20.6. The van der Waals surface area contributed by atoms with Crippen molar-refractivity contribution in [2.75, 3.05) is 7.11 Å². The molecule has 3 aromatic rings. The van der Waals surface area contributed by atoms with Crippen LogP contribution in [0.15, 0.2) is 34.2 Å². The summed E-state index contributed by atoms with van der Waals surface area (Å²) in [5.74, 6) is 0.731. The van der Waals surface area contributed by atoms with E-state index in [1.165, 1.54) is 35.0 Å². The first-order valence-electron chi connectivity index (χ1n) is 9.40. The van der Waals surface area contributed by atoms with E-state index in [-0.39, 0.29) is 10.8 Å². The molecule has 0 N–H and O–H groups in total. The van der Waals surface area contributed by atoms with Gasteiger partial charge in [0.2, 0.25) is 0 Å². The lowest BCUT2D eigenvalue weighted by Crippen LogP contribution is -2.22. The van der Waals surface area contributed by atoms with Gasteiger partial charge in [0.05, 0.1) is 29.5 Å². The third kappa shape index (κ3) is 3.43. The van der Waals surface area contributed by atoms with Gasteiger partial charge in [0.15, 0.2) is 5.16 Å². The van der Waals surface area contributed by atoms with Crippen molar-refractivity contribution in [3.05, 3.63) is 45.1 Å². The fourth-order valence-electron chi connectivity index (χ4n) is 3.59. The minimum Gasteiger partial charge on any atom is -0.497 e. The van der Waals surface area contributed by atoms with Gasteiger partial charge in [-0.1, -0.05) is 18.2 Å². The highest BCUT2D eigenvalue weighted by molar-refractivity contribution is 8.00. The molecular weight excluding hydrogens is 390 g/mol. The van der Waals surface area contributed by atoms with E-state index < -0.39 is 0 Å². The van der Waals surface area contributed by atoms with Crippen LogP contribution in [-0.4, -0.2) is 21.9 Å². The molecule has 5 nitrogen and oxygen atoms in total. The molecule has 144 valence electrons. The second-order valence-electron chi connectivity index (χ2n) is 6.87. The molecule has 2 heterocycles. The molecule has 1 aliphatic carbocycles. The van der Waals surface area contributed by atoms with Crippen LogP contribution in [0.3, 0.4) is 0 Å². The minimum atomic E-state index is -0.299. The lowest BCUT2D eigenvalue weighted by Gasteiger charge is -2.13. The molecule has 0 fully saturated rings. The van der Waals surface area contributed by atoms with E-state index in [1.807, 2.05) is 31.2 Å². The number of benzene rings is 1. The van der Waals surface area contributed by atoms with Crippen LogP contribution in [0.1, 0.15) is 36.6 Å². The third-order valence-electron chi connectivity index (χ3n) is 5.00. The average molecular weight is 412 g/mol. The van der Waals surface area contributed by atoms with Crippen molar-refractivity contribution in [2.24, 2.45) is 0 Å². The van der Waals surface area contributed by atoms with E-state index in [9.17, 15) is 10.1 Å². The maximum atomic E-state index is 13.6. The van der Waals surface area contributed by atoms with Crippen molar-refractivity contribution < 1.29 is 4.74 Å². The molecular formula is C21H21N3O2S2. The second kappa shape index (κ2) is 7.98. The zero-order chi connectivity index (χ0) is 19.7. The van der Waals surface area contributed by atoms with E-state index in [0.29, 0.717) is 5.16 Å². The Labute approximate surface area is 172 Å². The molecule has 0 unspecified atom stereocenters. The Morgan fingerprint density at radius 3 is 2.71 bits per heavy atom. The summed E-state index contributed by atoms with van der Waals surface area (Å²) in [6.45, 7) is 1.82. The van der Waals surface area contributed by atoms with Crippen molar-refractivity contribution >= 4 is 33.3 Å². The van der Waals surface area contributed by atoms with Gasteiger partial charge in [-0.15, -0.1) is 11.3 Å². The first kappa shape index (κ1) is 19.0. The van der Waals surface area contributed by atoms with E-state index in [0.717, 1.165) is 40.9 Å². The van der Waals surface area contributed by atoms with Crippen LogP contribution in [0, 0.1) is 11.3 Å². The summed E-state index contributed by atoms with van der Waals surface area (Å²) in [5, 5.41) is 10.3. The zero-order valence-electron chi connectivity index (χ0n) is 15.9. The number of nitrogens with zero attached hydrogens (tertiary/aromatic N) is 3. The number of thiophene rings is 1. The Morgan fingerprint density at radius 1 is 1.25 bits per heavy atom. The number of methoxy groups -OCH3 is 1. The van der Waals surface area contributed by atoms with Crippen molar-refractivity contribution in [1.29, 1.82) is 5.26 Å². The third-order valence-corrected chi connectivity index (χ3v) is 7.13. The number of nitriles is 1. The topological polar surface area (TPSA) is 67.9 Å². The van der Waals surface area contributed by atoms with Crippen LogP contribution in [0.25, 0.3) is 15.9 Å². The second-order valence-corrected chi connectivity index (χ2v) is 9.26. The van der Waals surface area contributed by atoms with Gasteiger partial charge in [-0.3, -0.25) is 9.36 Å². The van der Waals surface area contributed by atoms with E-state index in [1.54, 1.807) is 23.0 Å². The van der Waals surface area contributed by atoms with Crippen LogP contribution < -0.4 is 10.3 Å². The summed E-state index contributed by atoms with van der Waals surface area (Å²) in [6, 6.07) is 9.62. The van der Waals surface area contributed by atoms with Crippen LogP contribution in [0.4, 0.5) is 0 Å². The first-order valence-corrected chi connectivity index (χ1v) is 11.1. The molecule has 0 amide bonds. The Bertz CT molecular complexity index is 1110. The summed E-state index contributed by atoms with van der Waals surface area (Å²) in [6.07, 6.45) is 5.45. The van der Waals surface area contributed by atoms with Gasteiger partial charge in [0.25, 0.3) is 5.56 Å². The fraction of sp³-hybridized carbons (Fsp3) is 0.381. The van der Waals surface area contributed by atoms with Gasteiger partial charge < -0.3 is 4.74 Å². The van der Waals surface area contributed by atoms with Crippen LogP contribution in [0.2, 0.25) is 0 Å². The van der Waals surface area contributed by atoms with Gasteiger partial charge in [0, 0.05) is 4.88 Å². The van der Waals surface area contributed by atoms with Gasteiger partial charge in [-0.05, 0) is 62.4 Å². The normalized spacial score (nSPS) is 14.9. The molecule has 0 saturated carbocycles. The fourth-order valence-corrected chi connectivity index (χ4v) is 5.70. The molecule has 0 aliphatic heterocycles. The Hall–Kier alpha value is -2.30. The maximum Gasteiger partial charge on any atom is 0.267 e. The Balaban J connectivity index is 1.97. The predicted octanol–water partition coefficient (Wildman–Crippen LogP) is 4.73. The molecule has 1 atom stereocenters. The summed E-state index contributed by atoms with van der Waals surface area (Å²) < 4.78 is 6.89. The monoisotopic (exact) mass is 411 g/mol. The molecule has 0 spiro atoms. The van der Waals surface area contributed by atoms with Gasteiger partial charge in [-0.25, -0.2) is 4.98 Å². The predicted molar refractivity (Wildman–Crippen MR) is 114 cm³/mol. The van der Waals surface area contributed by atoms with Gasteiger partial charge in [0.1, 0.15) is 10.6 Å². The van der Waals surface area contributed by atoms with Crippen LogP contribution in [-0.2, 0) is 12.8 Å². The molecule has 0 saturated heterocycles. The number of aromatic nitrogens is 2. The number of thioether (sulfide) groups is 1. The number of rotatable bonds is 4. The van der Waals surface area contributed by atoms with Crippen molar-refractivity contribution in [3.8, 4) is 17.5 Å². The lowest BCUT2D eigenvalue weighted by atomic mass is 10.1. The van der Waals surface area contributed by atoms with Crippen LogP contribution >= 0.6 is 23.1 Å². The number of fused-ring (bicyclic) bond motifs is 3. The van der Waals surface area contributed by atoms with Crippen LogP contribution in [0.5, 0.6) is 5.75 Å². The molecule has 1 aliphatic rings. The highest BCUT2D eigenvalue weighted by atomic mass is 32.2. The van der Waals surface area contributed by atoms with Gasteiger partial charge in [-0.2, -0.15) is 5.26 Å². The molecule has 0 radical (unpaired) electrons. The number of aryl methyl sites for hydroxylation is 2. The molecule has 1 aromatic carbocycles. The minimum absolute atomic E-state index is 0.0396. The number of hydrogen-bond acceptors (Lipinski definition) is 6. The molecule has 2 aromatic heterocycles. The maximum absolute atomic E-state index is 13.6.